The predicted octanol–water partition coefficient (Wildman–Crippen LogP) is 3.94. The highest BCUT2D eigenvalue weighted by Crippen LogP contribution is 2.32. The van der Waals surface area contributed by atoms with Crippen LogP contribution in [-0.2, 0) is 0 Å². The zero-order valence-electron chi connectivity index (χ0n) is 9.70. The Kier molecular flexibility index (Phi) is 4.28. The van der Waals surface area contributed by atoms with Crippen molar-refractivity contribution in [1.82, 2.24) is 10.1 Å². The number of para-hydroxylation sites is 1. The third-order valence-corrected chi connectivity index (χ3v) is 2.78. The molecule has 0 aliphatic carbocycles. The molecule has 96 valence electrons. The van der Waals surface area contributed by atoms with E-state index in [-0.39, 0.29) is 6.01 Å². The van der Waals surface area contributed by atoms with E-state index in [4.69, 9.17) is 27.7 Å². The lowest BCUT2D eigenvalue weighted by atomic mass is 10.3. The first-order chi connectivity index (χ1) is 8.70. The van der Waals surface area contributed by atoms with Gasteiger partial charge in [-0.2, -0.15) is 4.98 Å². The Morgan fingerprint density at radius 1 is 1.28 bits per heavy atom. The van der Waals surface area contributed by atoms with Crippen LogP contribution < -0.4 is 10.6 Å². The van der Waals surface area contributed by atoms with Gasteiger partial charge in [0.2, 0.25) is 0 Å². The molecule has 2 aromatic rings. The summed E-state index contributed by atoms with van der Waals surface area (Å²) in [7, 11) is 0. The first-order valence-electron chi connectivity index (χ1n) is 5.49. The second kappa shape index (κ2) is 5.93. The van der Waals surface area contributed by atoms with E-state index in [0.717, 1.165) is 13.0 Å². The minimum absolute atomic E-state index is 0.239. The Bertz CT molecular complexity index is 509. The van der Waals surface area contributed by atoms with E-state index >= 15 is 0 Å². The quantitative estimate of drug-likeness (QED) is 0.872. The van der Waals surface area contributed by atoms with Crippen LogP contribution in [0.4, 0.5) is 17.7 Å². The molecule has 2 N–H and O–H groups in total. The van der Waals surface area contributed by atoms with Crippen molar-refractivity contribution in [2.75, 3.05) is 17.2 Å². The number of hydrogen-bond acceptors (Lipinski definition) is 5. The van der Waals surface area contributed by atoms with Crippen LogP contribution in [0.5, 0.6) is 0 Å². The number of benzene rings is 1. The molecule has 2 rings (SSSR count). The third kappa shape index (κ3) is 3.05. The number of rotatable bonds is 5. The molecule has 0 aliphatic heterocycles. The van der Waals surface area contributed by atoms with Crippen molar-refractivity contribution in [2.24, 2.45) is 0 Å². The largest absolute Gasteiger partial charge is 0.352 e. The fraction of sp³-hybridized carbons (Fsp3) is 0.273. The third-order valence-electron chi connectivity index (χ3n) is 2.15. The molecule has 1 heterocycles. The summed E-state index contributed by atoms with van der Waals surface area (Å²) < 4.78 is 5.02. The van der Waals surface area contributed by atoms with Crippen molar-refractivity contribution in [3.63, 3.8) is 0 Å². The van der Waals surface area contributed by atoms with E-state index in [0.29, 0.717) is 21.7 Å². The van der Waals surface area contributed by atoms with Crippen LogP contribution in [0.25, 0.3) is 0 Å². The van der Waals surface area contributed by atoms with E-state index < -0.39 is 0 Å². The highest BCUT2D eigenvalue weighted by Gasteiger charge is 2.10. The zero-order chi connectivity index (χ0) is 13.0. The highest BCUT2D eigenvalue weighted by atomic mass is 35.5. The van der Waals surface area contributed by atoms with Crippen LogP contribution in [0.2, 0.25) is 10.0 Å². The molecule has 5 nitrogen and oxygen atoms in total. The summed E-state index contributed by atoms with van der Waals surface area (Å²) in [5.74, 6) is 0.433. The van der Waals surface area contributed by atoms with E-state index in [1.54, 1.807) is 18.2 Å². The monoisotopic (exact) mass is 286 g/mol. The Balaban J connectivity index is 2.11. The Morgan fingerprint density at radius 2 is 2.00 bits per heavy atom. The van der Waals surface area contributed by atoms with Crippen molar-refractivity contribution < 1.29 is 4.52 Å². The molecule has 0 atom stereocenters. The van der Waals surface area contributed by atoms with Gasteiger partial charge in [-0.25, -0.2) is 0 Å². The smallest absolute Gasteiger partial charge is 0.327 e. The van der Waals surface area contributed by atoms with Crippen molar-refractivity contribution in [2.45, 2.75) is 13.3 Å². The van der Waals surface area contributed by atoms with Gasteiger partial charge in [-0.1, -0.05) is 36.2 Å². The topological polar surface area (TPSA) is 63.0 Å². The second-order valence-electron chi connectivity index (χ2n) is 3.57. The van der Waals surface area contributed by atoms with Crippen LogP contribution in [0.3, 0.4) is 0 Å². The maximum atomic E-state index is 6.02. The molecule has 0 radical (unpaired) electrons. The van der Waals surface area contributed by atoms with E-state index in [9.17, 15) is 0 Å². The molecular weight excluding hydrogens is 275 g/mol. The highest BCUT2D eigenvalue weighted by molar-refractivity contribution is 6.39. The number of nitrogens with one attached hydrogen (secondary N) is 2. The summed E-state index contributed by atoms with van der Waals surface area (Å²) in [6.07, 6.45) is 0.980. The fourth-order valence-electron chi connectivity index (χ4n) is 1.31. The number of anilines is 3. The molecule has 0 fully saturated rings. The van der Waals surface area contributed by atoms with E-state index in [1.165, 1.54) is 0 Å². The molecule has 1 aromatic heterocycles. The molecule has 0 aliphatic rings. The van der Waals surface area contributed by atoms with Crippen molar-refractivity contribution in [3.8, 4) is 0 Å². The van der Waals surface area contributed by atoms with Crippen LogP contribution >= 0.6 is 23.2 Å². The lowest BCUT2D eigenvalue weighted by molar-refractivity contribution is 0.435. The summed E-state index contributed by atoms with van der Waals surface area (Å²) in [6, 6.07) is 5.45. The SMILES string of the molecule is CCCNc1noc(Nc2c(Cl)cccc2Cl)n1. The van der Waals surface area contributed by atoms with Gasteiger partial charge >= 0.3 is 6.01 Å². The number of hydrogen-bond donors (Lipinski definition) is 2. The molecule has 0 amide bonds. The van der Waals surface area contributed by atoms with Gasteiger partial charge in [0, 0.05) is 6.54 Å². The molecular formula is C11H12Cl2N4O. The fourth-order valence-corrected chi connectivity index (χ4v) is 1.80. The summed E-state index contributed by atoms with van der Waals surface area (Å²) in [5.41, 5.74) is 0.548. The van der Waals surface area contributed by atoms with E-state index in [2.05, 4.69) is 27.7 Å². The van der Waals surface area contributed by atoms with Crippen LogP contribution in [-0.4, -0.2) is 16.7 Å². The van der Waals surface area contributed by atoms with Crippen molar-refractivity contribution >= 4 is 40.9 Å². The zero-order valence-corrected chi connectivity index (χ0v) is 11.2. The first kappa shape index (κ1) is 13.0. The molecule has 0 spiro atoms. The summed E-state index contributed by atoms with van der Waals surface area (Å²) in [6.45, 7) is 2.83. The summed E-state index contributed by atoms with van der Waals surface area (Å²) in [4.78, 5) is 4.11. The van der Waals surface area contributed by atoms with E-state index in [1.807, 2.05) is 0 Å². The van der Waals surface area contributed by atoms with Crippen molar-refractivity contribution in [1.29, 1.82) is 0 Å². The average molecular weight is 287 g/mol. The van der Waals surface area contributed by atoms with Gasteiger partial charge in [0.25, 0.3) is 5.95 Å². The number of aromatic nitrogens is 2. The van der Waals surface area contributed by atoms with Gasteiger partial charge in [0.05, 0.1) is 15.7 Å². The number of halogens is 2. The van der Waals surface area contributed by atoms with Gasteiger partial charge < -0.3 is 15.2 Å². The van der Waals surface area contributed by atoms with Crippen LogP contribution in [0.15, 0.2) is 22.7 Å². The molecule has 1 aromatic carbocycles. The first-order valence-corrected chi connectivity index (χ1v) is 6.25. The molecule has 7 heteroatoms. The predicted molar refractivity (Wildman–Crippen MR) is 72.8 cm³/mol. The Morgan fingerprint density at radius 3 is 2.67 bits per heavy atom. The molecule has 0 saturated heterocycles. The molecule has 0 unspecified atom stereocenters. The summed E-state index contributed by atoms with van der Waals surface area (Å²) in [5, 5.41) is 10.6. The molecule has 0 bridgehead atoms. The maximum absolute atomic E-state index is 6.02. The Hall–Kier alpha value is -1.46. The van der Waals surface area contributed by atoms with Gasteiger partial charge in [0.15, 0.2) is 0 Å². The summed E-state index contributed by atoms with van der Waals surface area (Å²) >= 11 is 12.0. The van der Waals surface area contributed by atoms with Gasteiger partial charge in [-0.05, 0) is 23.7 Å². The number of nitrogens with zero attached hydrogens (tertiary/aromatic N) is 2. The lowest BCUT2D eigenvalue weighted by Gasteiger charge is -2.05. The van der Waals surface area contributed by atoms with Crippen LogP contribution in [0, 0.1) is 0 Å². The standard InChI is InChI=1S/C11H12Cl2N4O/c1-2-6-14-10-16-11(18-17-10)15-9-7(12)4-3-5-8(9)13/h3-5H,2,6H2,1H3,(H2,14,15,16,17). The second-order valence-corrected chi connectivity index (χ2v) is 4.39. The van der Waals surface area contributed by atoms with Crippen molar-refractivity contribution in [3.05, 3.63) is 28.2 Å². The van der Waals surface area contributed by atoms with Gasteiger partial charge in [-0.3, -0.25) is 0 Å². The normalized spacial score (nSPS) is 10.4. The minimum atomic E-state index is 0.239. The average Bonchev–Trinajstić information content (AvgIpc) is 2.79. The van der Waals surface area contributed by atoms with Crippen LogP contribution in [0.1, 0.15) is 13.3 Å². The lowest BCUT2D eigenvalue weighted by Crippen LogP contribution is -2.01. The van der Waals surface area contributed by atoms with Gasteiger partial charge in [0.1, 0.15) is 0 Å². The Labute approximate surface area is 114 Å². The maximum Gasteiger partial charge on any atom is 0.327 e. The molecule has 0 saturated carbocycles. The van der Waals surface area contributed by atoms with Gasteiger partial charge in [-0.15, -0.1) is 0 Å². The molecule has 18 heavy (non-hydrogen) atoms. The minimum Gasteiger partial charge on any atom is -0.352 e.